The van der Waals surface area contributed by atoms with E-state index in [2.05, 4.69) is 0 Å². The van der Waals surface area contributed by atoms with Gasteiger partial charge in [0.05, 0.1) is 18.5 Å². The third-order valence-electron chi connectivity index (χ3n) is 4.80. The van der Waals surface area contributed by atoms with Crippen molar-refractivity contribution in [3.05, 3.63) is 90.5 Å². The van der Waals surface area contributed by atoms with Crippen LogP contribution in [0, 0.1) is 0 Å². The SMILES string of the molecule is COc1ccc(N2C(=O)C(c3ccccc3)C(=O)N(c3ccccc3)C2=O)cc1. The van der Waals surface area contributed by atoms with Gasteiger partial charge in [0.25, 0.3) is 11.8 Å². The van der Waals surface area contributed by atoms with Crippen LogP contribution in [-0.2, 0) is 9.59 Å². The van der Waals surface area contributed by atoms with Gasteiger partial charge in [-0.3, -0.25) is 9.59 Å². The Morgan fingerprint density at radius 1 is 0.655 bits per heavy atom. The van der Waals surface area contributed by atoms with E-state index in [4.69, 9.17) is 4.74 Å². The summed E-state index contributed by atoms with van der Waals surface area (Å²) in [6.45, 7) is 0. The fraction of sp³-hybridized carbons (Fsp3) is 0.0870. The molecule has 3 aromatic carbocycles. The Morgan fingerprint density at radius 3 is 1.66 bits per heavy atom. The van der Waals surface area contributed by atoms with Crippen LogP contribution in [0.4, 0.5) is 16.2 Å². The van der Waals surface area contributed by atoms with Gasteiger partial charge in [-0.1, -0.05) is 48.5 Å². The quantitative estimate of drug-likeness (QED) is 0.636. The number of methoxy groups -OCH3 is 1. The second kappa shape index (κ2) is 7.59. The molecule has 1 fully saturated rings. The molecule has 0 N–H and O–H groups in total. The van der Waals surface area contributed by atoms with Crippen LogP contribution >= 0.6 is 0 Å². The number of carbonyl (C=O) groups is 3. The molecule has 0 spiro atoms. The van der Waals surface area contributed by atoms with Crippen molar-refractivity contribution < 1.29 is 19.1 Å². The summed E-state index contributed by atoms with van der Waals surface area (Å²) < 4.78 is 5.16. The summed E-state index contributed by atoms with van der Waals surface area (Å²) in [4.78, 5) is 41.9. The lowest BCUT2D eigenvalue weighted by Gasteiger charge is -2.37. The first kappa shape index (κ1) is 18.4. The van der Waals surface area contributed by atoms with Gasteiger partial charge >= 0.3 is 6.03 Å². The van der Waals surface area contributed by atoms with Gasteiger partial charge in [0.2, 0.25) is 0 Å². The molecule has 0 saturated carbocycles. The maximum Gasteiger partial charge on any atom is 0.342 e. The van der Waals surface area contributed by atoms with Gasteiger partial charge in [0.15, 0.2) is 0 Å². The second-order valence-electron chi connectivity index (χ2n) is 6.51. The third-order valence-corrected chi connectivity index (χ3v) is 4.80. The first-order chi connectivity index (χ1) is 14.1. The molecule has 1 aliphatic heterocycles. The standard InChI is InChI=1S/C23H18N2O4/c1-29-19-14-12-18(13-15-19)25-22(27)20(16-8-4-2-5-9-16)21(26)24(23(25)28)17-10-6-3-7-11-17/h2-15,20H,1H3. The first-order valence-electron chi connectivity index (χ1n) is 9.08. The number of amides is 4. The van der Waals surface area contributed by atoms with Gasteiger partial charge in [-0.05, 0) is 42.0 Å². The largest absolute Gasteiger partial charge is 0.497 e. The predicted octanol–water partition coefficient (Wildman–Crippen LogP) is 3.98. The Labute approximate surface area is 167 Å². The Morgan fingerprint density at radius 2 is 1.14 bits per heavy atom. The van der Waals surface area contributed by atoms with Crippen molar-refractivity contribution in [1.82, 2.24) is 0 Å². The Balaban J connectivity index is 1.84. The molecular weight excluding hydrogens is 368 g/mol. The maximum atomic E-state index is 13.3. The topological polar surface area (TPSA) is 66.9 Å². The number of urea groups is 1. The van der Waals surface area contributed by atoms with Crippen molar-refractivity contribution in [2.75, 3.05) is 16.9 Å². The minimum Gasteiger partial charge on any atom is -0.497 e. The number of carbonyl (C=O) groups excluding carboxylic acids is 3. The minimum absolute atomic E-state index is 0.371. The maximum absolute atomic E-state index is 13.3. The highest BCUT2D eigenvalue weighted by atomic mass is 16.5. The zero-order valence-corrected chi connectivity index (χ0v) is 15.7. The molecule has 3 aromatic rings. The van der Waals surface area contributed by atoms with Crippen LogP contribution < -0.4 is 14.5 Å². The highest BCUT2D eigenvalue weighted by Crippen LogP contribution is 2.34. The molecular formula is C23H18N2O4. The summed E-state index contributed by atoms with van der Waals surface area (Å²) in [6, 6.07) is 23.2. The summed E-state index contributed by atoms with van der Waals surface area (Å²) in [5, 5.41) is 0. The predicted molar refractivity (Wildman–Crippen MR) is 109 cm³/mol. The number of nitrogens with zero attached hydrogens (tertiary/aromatic N) is 2. The minimum atomic E-state index is -1.11. The van der Waals surface area contributed by atoms with Crippen molar-refractivity contribution in [2.45, 2.75) is 5.92 Å². The van der Waals surface area contributed by atoms with Gasteiger partial charge in [-0.15, -0.1) is 0 Å². The number of imide groups is 2. The molecule has 6 nitrogen and oxygen atoms in total. The fourth-order valence-corrected chi connectivity index (χ4v) is 3.37. The van der Waals surface area contributed by atoms with E-state index in [0.717, 1.165) is 9.80 Å². The van der Waals surface area contributed by atoms with Crippen LogP contribution in [0.1, 0.15) is 11.5 Å². The van der Waals surface area contributed by atoms with Crippen LogP contribution in [0.15, 0.2) is 84.9 Å². The highest BCUT2D eigenvalue weighted by molar-refractivity contribution is 6.38. The Hall–Kier alpha value is -3.93. The number of rotatable bonds is 4. The number of benzene rings is 3. The number of para-hydroxylation sites is 1. The molecule has 144 valence electrons. The molecule has 4 amide bonds. The molecule has 0 radical (unpaired) electrons. The smallest absolute Gasteiger partial charge is 0.342 e. The molecule has 0 aromatic heterocycles. The van der Waals surface area contributed by atoms with E-state index in [-0.39, 0.29) is 0 Å². The van der Waals surface area contributed by atoms with Gasteiger partial charge < -0.3 is 4.74 Å². The Bertz CT molecular complexity index is 988. The summed E-state index contributed by atoms with van der Waals surface area (Å²) in [7, 11) is 1.54. The van der Waals surface area contributed by atoms with Gasteiger partial charge in [0, 0.05) is 0 Å². The van der Waals surface area contributed by atoms with Crippen LogP contribution in [0.5, 0.6) is 5.75 Å². The number of hydrogen-bond acceptors (Lipinski definition) is 4. The molecule has 0 bridgehead atoms. The van der Waals surface area contributed by atoms with Crippen LogP contribution in [-0.4, -0.2) is 25.0 Å². The molecule has 1 unspecified atom stereocenters. The van der Waals surface area contributed by atoms with Gasteiger partial charge in [0.1, 0.15) is 11.7 Å². The monoisotopic (exact) mass is 386 g/mol. The van der Waals surface area contributed by atoms with Crippen LogP contribution in [0.25, 0.3) is 0 Å². The average molecular weight is 386 g/mol. The molecule has 1 aliphatic rings. The summed E-state index contributed by atoms with van der Waals surface area (Å²) >= 11 is 0. The van der Waals surface area contributed by atoms with Crippen molar-refractivity contribution in [3.63, 3.8) is 0 Å². The molecule has 1 atom stereocenters. The highest BCUT2D eigenvalue weighted by Gasteiger charge is 2.47. The van der Waals surface area contributed by atoms with E-state index in [1.807, 2.05) is 6.07 Å². The van der Waals surface area contributed by atoms with Crippen LogP contribution in [0.2, 0.25) is 0 Å². The molecule has 6 heteroatoms. The van der Waals surface area contributed by atoms with Crippen molar-refractivity contribution in [3.8, 4) is 5.75 Å². The number of barbiturate groups is 1. The molecule has 4 rings (SSSR count). The summed E-state index contributed by atoms with van der Waals surface area (Å²) in [5.41, 5.74) is 1.32. The van der Waals surface area contributed by atoms with E-state index in [1.165, 1.54) is 7.11 Å². The van der Waals surface area contributed by atoms with Gasteiger partial charge in [-0.2, -0.15) is 0 Å². The fourth-order valence-electron chi connectivity index (χ4n) is 3.37. The molecule has 1 saturated heterocycles. The molecule has 0 aliphatic carbocycles. The number of hydrogen-bond donors (Lipinski definition) is 0. The number of ether oxygens (including phenoxy) is 1. The molecule has 29 heavy (non-hydrogen) atoms. The summed E-state index contributed by atoms with van der Waals surface area (Å²) in [6.07, 6.45) is 0. The number of anilines is 2. The second-order valence-corrected chi connectivity index (χ2v) is 6.51. The van der Waals surface area contributed by atoms with Crippen molar-refractivity contribution in [1.29, 1.82) is 0 Å². The van der Waals surface area contributed by atoms with E-state index in [9.17, 15) is 14.4 Å². The lowest BCUT2D eigenvalue weighted by atomic mass is 9.93. The third kappa shape index (κ3) is 3.25. The lowest BCUT2D eigenvalue weighted by Crippen LogP contribution is -2.59. The van der Waals surface area contributed by atoms with Crippen molar-refractivity contribution >= 4 is 29.2 Å². The normalized spacial score (nSPS) is 16.9. The molecule has 1 heterocycles. The zero-order valence-electron chi connectivity index (χ0n) is 15.7. The Kier molecular flexibility index (Phi) is 4.83. The van der Waals surface area contributed by atoms with E-state index >= 15 is 0 Å². The first-order valence-corrected chi connectivity index (χ1v) is 9.08. The van der Waals surface area contributed by atoms with Crippen LogP contribution in [0.3, 0.4) is 0 Å². The van der Waals surface area contributed by atoms with E-state index in [1.54, 1.807) is 78.9 Å². The summed E-state index contributed by atoms with van der Waals surface area (Å²) in [5.74, 6) is -1.66. The van der Waals surface area contributed by atoms with E-state index < -0.39 is 23.8 Å². The lowest BCUT2D eigenvalue weighted by molar-refractivity contribution is -0.129. The van der Waals surface area contributed by atoms with Crippen molar-refractivity contribution in [2.24, 2.45) is 0 Å². The average Bonchev–Trinajstić information content (AvgIpc) is 2.76. The van der Waals surface area contributed by atoms with E-state index in [0.29, 0.717) is 22.7 Å². The zero-order chi connectivity index (χ0) is 20.4. The van der Waals surface area contributed by atoms with Gasteiger partial charge in [-0.25, -0.2) is 14.6 Å².